The number of amides is 1. The highest BCUT2D eigenvalue weighted by molar-refractivity contribution is 7.99. The summed E-state index contributed by atoms with van der Waals surface area (Å²) in [5.41, 5.74) is 0.550. The van der Waals surface area contributed by atoms with Gasteiger partial charge >= 0.3 is 0 Å². The fourth-order valence-electron chi connectivity index (χ4n) is 2.13. The normalized spacial score (nSPS) is 10.8. The fourth-order valence-corrected chi connectivity index (χ4v) is 3.93. The summed E-state index contributed by atoms with van der Waals surface area (Å²) < 4.78 is 1.97. The second-order valence-corrected chi connectivity index (χ2v) is 7.42. The Labute approximate surface area is 160 Å². The van der Waals surface area contributed by atoms with Gasteiger partial charge in [0.05, 0.1) is 26.9 Å². The predicted molar refractivity (Wildman–Crippen MR) is 102 cm³/mol. The number of nitro groups is 1. The van der Waals surface area contributed by atoms with Crippen LogP contribution in [0.4, 0.5) is 11.4 Å². The van der Waals surface area contributed by atoms with Crippen molar-refractivity contribution in [2.75, 3.05) is 11.1 Å². The van der Waals surface area contributed by atoms with E-state index in [2.05, 4.69) is 10.3 Å². The maximum absolute atomic E-state index is 12.2. The number of nitrogens with zero attached hydrogens (tertiary/aromatic N) is 3. The summed E-state index contributed by atoms with van der Waals surface area (Å²) in [4.78, 5) is 38.9. The first kappa shape index (κ1) is 18.4. The summed E-state index contributed by atoms with van der Waals surface area (Å²) in [6.45, 7) is 0. The van der Waals surface area contributed by atoms with Crippen LogP contribution in [-0.2, 0) is 11.8 Å². The molecular weight excluding hydrogens is 400 g/mol. The van der Waals surface area contributed by atoms with Gasteiger partial charge in [0, 0.05) is 19.2 Å². The molecule has 1 amide bonds. The maximum Gasteiger partial charge on any atom is 0.271 e. The van der Waals surface area contributed by atoms with Crippen LogP contribution >= 0.6 is 34.7 Å². The van der Waals surface area contributed by atoms with E-state index in [0.717, 1.165) is 11.8 Å². The molecule has 0 fully saturated rings. The first-order valence-corrected chi connectivity index (χ1v) is 9.42. The zero-order chi connectivity index (χ0) is 18.8. The molecule has 3 rings (SSSR count). The van der Waals surface area contributed by atoms with E-state index < -0.39 is 4.92 Å². The van der Waals surface area contributed by atoms with Crippen LogP contribution in [0.1, 0.15) is 0 Å². The number of hydrogen-bond acceptors (Lipinski definition) is 7. The molecule has 11 heteroatoms. The summed E-state index contributed by atoms with van der Waals surface area (Å²) in [5, 5.41) is 15.6. The van der Waals surface area contributed by atoms with Gasteiger partial charge in [-0.3, -0.25) is 24.3 Å². The van der Waals surface area contributed by atoms with Crippen molar-refractivity contribution >= 4 is 62.2 Å². The van der Waals surface area contributed by atoms with Crippen molar-refractivity contribution in [1.29, 1.82) is 0 Å². The summed E-state index contributed by atoms with van der Waals surface area (Å²) >= 11 is 8.39. The minimum absolute atomic E-state index is 0.00321. The lowest BCUT2D eigenvalue weighted by Crippen LogP contribution is -2.20. The quantitative estimate of drug-likeness (QED) is 0.299. The van der Waals surface area contributed by atoms with Crippen LogP contribution in [0.3, 0.4) is 0 Å². The summed E-state index contributed by atoms with van der Waals surface area (Å²) in [7, 11) is 1.60. The molecule has 2 heterocycles. The number of aromatic nitrogens is 2. The fraction of sp³-hybridized carbons (Fsp3) is 0.133. The molecule has 1 N–H and O–H groups in total. The molecule has 0 unspecified atom stereocenters. The molecule has 0 bridgehead atoms. The topological polar surface area (TPSA) is 107 Å². The zero-order valence-electron chi connectivity index (χ0n) is 13.3. The molecular formula is C15H11ClN4O4S2. The van der Waals surface area contributed by atoms with Crippen molar-refractivity contribution < 1.29 is 9.72 Å². The van der Waals surface area contributed by atoms with Crippen molar-refractivity contribution in [3.8, 4) is 0 Å². The van der Waals surface area contributed by atoms with Crippen LogP contribution in [-0.4, -0.2) is 26.1 Å². The largest absolute Gasteiger partial charge is 0.324 e. The van der Waals surface area contributed by atoms with Crippen LogP contribution < -0.4 is 10.9 Å². The Hall–Kier alpha value is -2.43. The van der Waals surface area contributed by atoms with Crippen molar-refractivity contribution in [2.45, 2.75) is 5.16 Å². The molecule has 0 aliphatic carbocycles. The molecule has 0 aliphatic heterocycles. The van der Waals surface area contributed by atoms with Gasteiger partial charge in [0.2, 0.25) is 5.91 Å². The summed E-state index contributed by atoms with van der Waals surface area (Å²) in [5.74, 6) is -0.367. The van der Waals surface area contributed by atoms with E-state index in [9.17, 15) is 19.7 Å². The van der Waals surface area contributed by atoms with Gasteiger partial charge in [0.1, 0.15) is 4.70 Å². The zero-order valence-corrected chi connectivity index (χ0v) is 15.7. The number of halogens is 1. The Morgan fingerprint density at radius 1 is 1.46 bits per heavy atom. The number of nitro benzene ring substituents is 1. The molecule has 0 saturated heterocycles. The first-order valence-electron chi connectivity index (χ1n) is 7.17. The molecule has 26 heavy (non-hydrogen) atoms. The Morgan fingerprint density at radius 2 is 2.23 bits per heavy atom. The van der Waals surface area contributed by atoms with E-state index in [1.807, 2.05) is 0 Å². The van der Waals surface area contributed by atoms with Crippen molar-refractivity contribution in [3.63, 3.8) is 0 Å². The van der Waals surface area contributed by atoms with Crippen LogP contribution in [0, 0.1) is 10.1 Å². The number of carbonyl (C=O) groups excluding carboxylic acids is 1. The second kappa shape index (κ2) is 7.44. The summed E-state index contributed by atoms with van der Waals surface area (Å²) in [6.07, 6.45) is 0. The average Bonchev–Trinajstić information content (AvgIpc) is 3.07. The smallest absolute Gasteiger partial charge is 0.271 e. The van der Waals surface area contributed by atoms with E-state index >= 15 is 0 Å². The predicted octanol–water partition coefficient (Wildman–Crippen LogP) is 3.29. The number of nitrogens with one attached hydrogen (secondary N) is 1. The van der Waals surface area contributed by atoms with Gasteiger partial charge in [-0.1, -0.05) is 23.4 Å². The molecule has 0 aliphatic rings. The number of non-ortho nitro benzene ring substituents is 1. The summed E-state index contributed by atoms with van der Waals surface area (Å²) in [6, 6.07) is 5.54. The van der Waals surface area contributed by atoms with Gasteiger partial charge < -0.3 is 5.32 Å². The second-order valence-electron chi connectivity index (χ2n) is 5.15. The number of thioether (sulfide) groups is 1. The average molecular weight is 411 g/mol. The van der Waals surface area contributed by atoms with Crippen LogP contribution in [0.5, 0.6) is 0 Å². The monoisotopic (exact) mass is 410 g/mol. The standard InChI is InChI=1S/C15H11ClN4O4S2/c1-19-14(22)13-11(4-5-25-13)18-15(19)26-7-12(21)17-10-3-2-8(20(23)24)6-9(10)16/h2-6H,7H2,1H3,(H,17,21). The first-order chi connectivity index (χ1) is 12.4. The molecule has 134 valence electrons. The van der Waals surface area contributed by atoms with Gasteiger partial charge in [0.15, 0.2) is 5.16 Å². The van der Waals surface area contributed by atoms with E-state index in [1.165, 1.54) is 34.1 Å². The molecule has 0 atom stereocenters. The minimum atomic E-state index is -0.569. The highest BCUT2D eigenvalue weighted by Crippen LogP contribution is 2.27. The molecule has 0 saturated carbocycles. The lowest BCUT2D eigenvalue weighted by Gasteiger charge is -2.08. The molecule has 2 aromatic heterocycles. The SMILES string of the molecule is Cn1c(SCC(=O)Nc2ccc([N+](=O)[O-])cc2Cl)nc2ccsc2c1=O. The van der Waals surface area contributed by atoms with E-state index in [4.69, 9.17) is 11.6 Å². The van der Waals surface area contributed by atoms with E-state index in [1.54, 1.807) is 18.5 Å². The third kappa shape index (κ3) is 3.71. The molecule has 1 aromatic carbocycles. The van der Waals surface area contributed by atoms with Crippen LogP contribution in [0.15, 0.2) is 39.6 Å². The third-order valence-electron chi connectivity index (χ3n) is 3.42. The number of hydrogen-bond donors (Lipinski definition) is 1. The Kier molecular flexibility index (Phi) is 5.25. The van der Waals surface area contributed by atoms with Crippen LogP contribution in [0.25, 0.3) is 10.2 Å². The lowest BCUT2D eigenvalue weighted by atomic mass is 10.3. The number of carbonyl (C=O) groups is 1. The Morgan fingerprint density at radius 3 is 2.92 bits per heavy atom. The highest BCUT2D eigenvalue weighted by Gasteiger charge is 2.14. The van der Waals surface area contributed by atoms with Gasteiger partial charge in [-0.15, -0.1) is 11.3 Å². The van der Waals surface area contributed by atoms with Gasteiger partial charge in [-0.25, -0.2) is 4.98 Å². The highest BCUT2D eigenvalue weighted by atomic mass is 35.5. The van der Waals surface area contributed by atoms with Crippen molar-refractivity contribution in [1.82, 2.24) is 9.55 Å². The Bertz CT molecular complexity index is 1080. The van der Waals surface area contributed by atoms with Crippen LogP contribution in [0.2, 0.25) is 5.02 Å². The third-order valence-corrected chi connectivity index (χ3v) is 5.65. The van der Waals surface area contributed by atoms with Gasteiger partial charge in [0.25, 0.3) is 11.2 Å². The molecule has 3 aromatic rings. The van der Waals surface area contributed by atoms with Gasteiger partial charge in [-0.05, 0) is 17.5 Å². The Balaban J connectivity index is 1.71. The van der Waals surface area contributed by atoms with Crippen molar-refractivity contribution in [2.24, 2.45) is 7.05 Å². The van der Waals surface area contributed by atoms with Gasteiger partial charge in [-0.2, -0.15) is 0 Å². The molecule has 0 spiro atoms. The van der Waals surface area contributed by atoms with Crippen molar-refractivity contribution in [3.05, 3.63) is 55.1 Å². The number of rotatable bonds is 5. The number of anilines is 1. The number of thiophene rings is 1. The molecule has 0 radical (unpaired) electrons. The number of benzene rings is 1. The number of fused-ring (bicyclic) bond motifs is 1. The molecule has 8 nitrogen and oxygen atoms in total. The maximum atomic E-state index is 12.2. The van der Waals surface area contributed by atoms with E-state index in [-0.39, 0.29) is 33.6 Å². The minimum Gasteiger partial charge on any atom is -0.324 e. The van der Waals surface area contributed by atoms with E-state index in [0.29, 0.717) is 15.4 Å². The lowest BCUT2D eigenvalue weighted by molar-refractivity contribution is -0.384.